The molecule has 4 N–H and O–H groups in total. The number of aromatic nitrogens is 4. The van der Waals surface area contributed by atoms with Crippen LogP contribution in [0, 0.1) is 5.41 Å². The Balaban J connectivity index is 1.46. The summed E-state index contributed by atoms with van der Waals surface area (Å²) in [7, 11) is 1.62. The molecule has 23 heavy (non-hydrogen) atoms. The molecule has 11 heteroatoms. The van der Waals surface area contributed by atoms with Crippen molar-refractivity contribution in [2.24, 2.45) is 5.41 Å². The second-order valence-corrected chi connectivity index (χ2v) is 7.02. The van der Waals surface area contributed by atoms with Gasteiger partial charge in [0.1, 0.15) is 5.52 Å². The Bertz CT molecular complexity index is 766. The fourth-order valence-corrected chi connectivity index (χ4v) is 4.26. The molecule has 1 saturated heterocycles. The predicted octanol–water partition coefficient (Wildman–Crippen LogP) is -0.866. The Morgan fingerprint density at radius 2 is 2.26 bits per heavy atom. The molecule has 1 atom stereocenters. The van der Waals surface area contributed by atoms with E-state index >= 15 is 0 Å². The molecule has 2 aromatic heterocycles. The highest BCUT2D eigenvalue weighted by molar-refractivity contribution is 7.76. The molecule has 3 heterocycles. The molecule has 0 aromatic carbocycles. The van der Waals surface area contributed by atoms with Crippen molar-refractivity contribution in [2.45, 2.75) is 18.9 Å². The number of hydrogen-bond donors (Lipinski definition) is 3. The molecule has 2 fully saturated rings. The summed E-state index contributed by atoms with van der Waals surface area (Å²) in [6, 6.07) is 0.0168. The van der Waals surface area contributed by atoms with Crippen LogP contribution in [-0.2, 0) is 11.3 Å². The van der Waals surface area contributed by atoms with Crippen LogP contribution in [0.1, 0.15) is 12.8 Å². The fourth-order valence-electron chi connectivity index (χ4n) is 3.72. The number of aromatic amines is 1. The van der Waals surface area contributed by atoms with E-state index < -0.39 is 11.3 Å². The van der Waals surface area contributed by atoms with Gasteiger partial charge in [0, 0.05) is 35.8 Å². The van der Waals surface area contributed by atoms with Crippen LogP contribution in [0.5, 0.6) is 0 Å². The largest absolute Gasteiger partial charge is 0.759 e. The first kappa shape index (κ1) is 14.8. The molecule has 1 saturated carbocycles. The van der Waals surface area contributed by atoms with E-state index in [-0.39, 0.29) is 17.4 Å². The van der Waals surface area contributed by atoms with Crippen LogP contribution in [0.3, 0.4) is 0 Å². The summed E-state index contributed by atoms with van der Waals surface area (Å²) >= 11 is -2.25. The smallest absolute Gasteiger partial charge is 0.224 e. The number of H-pyrrole nitrogens is 1. The van der Waals surface area contributed by atoms with E-state index in [1.165, 1.54) is 4.41 Å². The van der Waals surface area contributed by atoms with E-state index in [0.29, 0.717) is 5.65 Å². The lowest BCUT2D eigenvalue weighted by Gasteiger charge is -2.61. The summed E-state index contributed by atoms with van der Waals surface area (Å²) in [5.74, 6) is 0.965. The van der Waals surface area contributed by atoms with Crippen LogP contribution in [-0.4, -0.2) is 59.3 Å². The van der Waals surface area contributed by atoms with Crippen LogP contribution >= 0.6 is 0 Å². The normalized spacial score (nSPS) is 21.6. The lowest BCUT2D eigenvalue weighted by atomic mass is 9.61. The van der Waals surface area contributed by atoms with Crippen LogP contribution < -0.4 is 16.1 Å². The molecule has 1 aliphatic heterocycles. The van der Waals surface area contributed by atoms with Crippen molar-refractivity contribution in [1.29, 1.82) is 0 Å². The highest BCUT2D eigenvalue weighted by atomic mass is 32.2. The highest BCUT2D eigenvalue weighted by Gasteiger charge is 2.54. The number of anilines is 2. The minimum atomic E-state index is -2.25. The Morgan fingerprint density at radius 1 is 1.52 bits per heavy atom. The zero-order chi connectivity index (χ0) is 16.2. The topological polar surface area (TPSA) is 139 Å². The molecular formula is C12H17N8O2S-. The van der Waals surface area contributed by atoms with Gasteiger partial charge in [-0.15, -0.1) is 0 Å². The van der Waals surface area contributed by atoms with Crippen LogP contribution in [0.2, 0.25) is 0 Å². The van der Waals surface area contributed by atoms with Crippen molar-refractivity contribution in [2.75, 3.05) is 30.8 Å². The number of nitrogens with two attached hydrogens (primary N) is 1. The second-order valence-electron chi connectivity index (χ2n) is 6.19. The van der Waals surface area contributed by atoms with Gasteiger partial charge < -0.3 is 20.2 Å². The van der Waals surface area contributed by atoms with E-state index in [1.54, 1.807) is 13.4 Å². The summed E-state index contributed by atoms with van der Waals surface area (Å²) < 4.78 is 23.5. The molecule has 2 aliphatic rings. The molecule has 0 bridgehead atoms. The van der Waals surface area contributed by atoms with Gasteiger partial charge >= 0.3 is 0 Å². The van der Waals surface area contributed by atoms with Crippen LogP contribution in [0.15, 0.2) is 6.33 Å². The number of nitrogen functional groups attached to an aromatic ring is 1. The highest BCUT2D eigenvalue weighted by Crippen LogP contribution is 2.51. The van der Waals surface area contributed by atoms with Gasteiger partial charge in [-0.25, -0.2) is 10.4 Å². The minimum Gasteiger partial charge on any atom is -0.759 e. The molecule has 124 valence electrons. The van der Waals surface area contributed by atoms with Gasteiger partial charge in [-0.05, 0) is 19.9 Å². The van der Waals surface area contributed by atoms with Gasteiger partial charge in [-0.1, -0.05) is 0 Å². The van der Waals surface area contributed by atoms with Gasteiger partial charge in [0.25, 0.3) is 0 Å². The molecular weight excluding hydrogens is 320 g/mol. The van der Waals surface area contributed by atoms with E-state index in [4.69, 9.17) is 5.73 Å². The summed E-state index contributed by atoms with van der Waals surface area (Å²) in [6.07, 6.45) is 3.25. The van der Waals surface area contributed by atoms with E-state index in [2.05, 4.69) is 30.3 Å². The lowest BCUT2D eigenvalue weighted by molar-refractivity contribution is 0.00000283. The average molecular weight is 337 g/mol. The maximum Gasteiger partial charge on any atom is 0.224 e. The number of fused-ring (bicyclic) bond motifs is 1. The van der Waals surface area contributed by atoms with Crippen LogP contribution in [0.25, 0.3) is 11.2 Å². The minimum absolute atomic E-state index is 0.0168. The molecule has 1 spiro atoms. The van der Waals surface area contributed by atoms with Crippen molar-refractivity contribution in [3.05, 3.63) is 6.33 Å². The molecule has 1 unspecified atom stereocenters. The standard InChI is InChI=1S/C12H18N8O2S/c1-14-20(23(21)22)7-2-12(3-7)4-19(5-12)10-8-9(16-6-15-8)17-11(13)18-10/h6-7,14H,2-5H2,1H3,(H,21,22)(H3,13,15,16,17,18)/p-1. The zero-order valence-corrected chi connectivity index (χ0v) is 13.3. The van der Waals surface area contributed by atoms with Crippen molar-refractivity contribution < 1.29 is 8.76 Å². The number of nitrogens with zero attached hydrogens (tertiary/aromatic N) is 5. The monoisotopic (exact) mass is 337 g/mol. The number of imidazole rings is 1. The number of nitrogens with one attached hydrogen (secondary N) is 2. The molecule has 0 radical (unpaired) electrons. The third-order valence-electron chi connectivity index (χ3n) is 4.69. The molecule has 10 nitrogen and oxygen atoms in total. The Morgan fingerprint density at radius 3 is 2.91 bits per heavy atom. The quantitative estimate of drug-likeness (QED) is 0.483. The van der Waals surface area contributed by atoms with Gasteiger partial charge in [-0.2, -0.15) is 14.4 Å². The van der Waals surface area contributed by atoms with Gasteiger partial charge in [0.2, 0.25) is 5.95 Å². The summed E-state index contributed by atoms with van der Waals surface area (Å²) in [6.45, 7) is 1.66. The fraction of sp³-hybridized carbons (Fsp3) is 0.583. The van der Waals surface area contributed by atoms with Gasteiger partial charge in [-0.3, -0.25) is 4.21 Å². The number of hydrazine groups is 1. The van der Waals surface area contributed by atoms with E-state index in [1.807, 2.05) is 0 Å². The molecule has 4 rings (SSSR count). The van der Waals surface area contributed by atoms with Crippen molar-refractivity contribution in [1.82, 2.24) is 29.8 Å². The third-order valence-corrected chi connectivity index (χ3v) is 5.49. The Kier molecular flexibility index (Phi) is 3.27. The Labute approximate surface area is 134 Å². The SMILES string of the molecule is CNN(C1CC2(C1)CN(c1nc(N)nc3nc[nH]c13)C2)S(=O)[O-]. The van der Waals surface area contributed by atoms with Gasteiger partial charge in [0.15, 0.2) is 11.5 Å². The Hall–Kier alpha value is -1.82. The number of hydrogen-bond acceptors (Lipinski definition) is 8. The maximum atomic E-state index is 11.1. The molecule has 2 aromatic rings. The van der Waals surface area contributed by atoms with E-state index in [0.717, 1.165) is 37.3 Å². The van der Waals surface area contributed by atoms with Crippen LogP contribution in [0.4, 0.5) is 11.8 Å². The average Bonchev–Trinajstić information content (AvgIpc) is 2.86. The molecule has 0 amide bonds. The number of rotatable bonds is 4. The van der Waals surface area contributed by atoms with Crippen molar-refractivity contribution in [3.8, 4) is 0 Å². The summed E-state index contributed by atoms with van der Waals surface area (Å²) in [5, 5.41) is 0. The molecule has 1 aliphatic carbocycles. The van der Waals surface area contributed by atoms with Gasteiger partial charge in [0.05, 0.1) is 6.33 Å². The lowest BCUT2D eigenvalue weighted by Crippen LogP contribution is -2.68. The second kappa shape index (κ2) is 5.09. The van der Waals surface area contributed by atoms with E-state index in [9.17, 15) is 8.76 Å². The first-order valence-corrected chi connectivity index (χ1v) is 8.32. The first-order chi connectivity index (χ1) is 11.0. The summed E-state index contributed by atoms with van der Waals surface area (Å²) in [5.41, 5.74) is 9.95. The zero-order valence-electron chi connectivity index (χ0n) is 12.5. The third kappa shape index (κ3) is 2.27. The van der Waals surface area contributed by atoms with Crippen molar-refractivity contribution >= 4 is 34.2 Å². The summed E-state index contributed by atoms with van der Waals surface area (Å²) in [4.78, 5) is 17.7. The predicted molar refractivity (Wildman–Crippen MR) is 83.6 cm³/mol. The van der Waals surface area contributed by atoms with Crippen molar-refractivity contribution in [3.63, 3.8) is 0 Å². The maximum absolute atomic E-state index is 11.1. The first-order valence-electron chi connectivity index (χ1n) is 7.29.